The zero-order chi connectivity index (χ0) is 14.4. The van der Waals surface area contributed by atoms with Crippen LogP contribution in [0.2, 0.25) is 0 Å². The number of methoxy groups -OCH3 is 1. The van der Waals surface area contributed by atoms with Gasteiger partial charge >= 0.3 is 6.09 Å². The van der Waals surface area contributed by atoms with Crippen LogP contribution in [0.25, 0.3) is 0 Å². The highest BCUT2D eigenvalue weighted by atomic mass is 16.5. The molecule has 1 aliphatic rings. The van der Waals surface area contributed by atoms with Crippen LogP contribution in [0.15, 0.2) is 0 Å². The monoisotopic (exact) mass is 271 g/mol. The fourth-order valence-corrected chi connectivity index (χ4v) is 2.14. The molecular formula is C13H25N3O3. The van der Waals surface area contributed by atoms with Crippen molar-refractivity contribution in [2.45, 2.75) is 26.3 Å². The number of rotatable bonds is 4. The molecule has 1 atom stereocenters. The molecule has 6 nitrogen and oxygen atoms in total. The van der Waals surface area contributed by atoms with E-state index in [1.54, 1.807) is 0 Å². The fourth-order valence-electron chi connectivity index (χ4n) is 2.14. The topological polar surface area (TPSA) is 61.9 Å². The summed E-state index contributed by atoms with van der Waals surface area (Å²) >= 11 is 0. The Kier molecular flexibility index (Phi) is 6.08. The van der Waals surface area contributed by atoms with Gasteiger partial charge in [-0.15, -0.1) is 0 Å². The summed E-state index contributed by atoms with van der Waals surface area (Å²) < 4.78 is 4.59. The maximum absolute atomic E-state index is 12.4. The molecule has 0 aromatic heterocycles. The van der Waals surface area contributed by atoms with E-state index in [9.17, 15) is 9.59 Å². The lowest BCUT2D eigenvalue weighted by molar-refractivity contribution is -0.135. The van der Waals surface area contributed by atoms with Gasteiger partial charge in [-0.25, -0.2) is 4.79 Å². The van der Waals surface area contributed by atoms with Gasteiger partial charge in [0.2, 0.25) is 5.91 Å². The first-order valence-electron chi connectivity index (χ1n) is 6.75. The summed E-state index contributed by atoms with van der Waals surface area (Å²) in [5, 5.41) is 2.64. The van der Waals surface area contributed by atoms with E-state index in [1.165, 1.54) is 7.11 Å². The lowest BCUT2D eigenvalue weighted by atomic mass is 10.0. The Morgan fingerprint density at radius 2 is 1.79 bits per heavy atom. The molecule has 6 heteroatoms. The largest absolute Gasteiger partial charge is 0.453 e. The molecule has 1 N–H and O–H groups in total. The number of likely N-dealkylation sites (N-methyl/N-ethyl adjacent to an activating group) is 1. The third-order valence-corrected chi connectivity index (χ3v) is 3.30. The predicted molar refractivity (Wildman–Crippen MR) is 72.9 cm³/mol. The SMILES string of the molecule is COC(=O)N[C@@H](CC(C)C)C(=O)N1CCN(C)CC1. The summed E-state index contributed by atoms with van der Waals surface area (Å²) in [5.74, 6) is 0.325. The minimum atomic E-state index is -0.548. The number of ether oxygens (including phenoxy) is 1. The van der Waals surface area contributed by atoms with Crippen LogP contribution >= 0.6 is 0 Å². The van der Waals surface area contributed by atoms with E-state index >= 15 is 0 Å². The fraction of sp³-hybridized carbons (Fsp3) is 0.846. The van der Waals surface area contributed by atoms with Crippen molar-refractivity contribution >= 4 is 12.0 Å². The average molecular weight is 271 g/mol. The van der Waals surface area contributed by atoms with Crippen LogP contribution in [0, 0.1) is 5.92 Å². The Morgan fingerprint density at radius 1 is 1.21 bits per heavy atom. The van der Waals surface area contributed by atoms with Gasteiger partial charge in [0.15, 0.2) is 0 Å². The van der Waals surface area contributed by atoms with Crippen molar-refractivity contribution in [3.8, 4) is 0 Å². The molecular weight excluding hydrogens is 246 g/mol. The van der Waals surface area contributed by atoms with Crippen LogP contribution in [0.1, 0.15) is 20.3 Å². The van der Waals surface area contributed by atoms with Gasteiger partial charge in [-0.1, -0.05) is 13.8 Å². The highest BCUT2D eigenvalue weighted by molar-refractivity contribution is 5.85. The highest BCUT2D eigenvalue weighted by Crippen LogP contribution is 2.10. The lowest BCUT2D eigenvalue weighted by Crippen LogP contribution is -2.54. The molecule has 0 aromatic carbocycles. The maximum atomic E-state index is 12.4. The molecule has 19 heavy (non-hydrogen) atoms. The number of carbonyl (C=O) groups is 2. The Bertz CT molecular complexity index is 312. The second kappa shape index (κ2) is 7.33. The second-order valence-electron chi connectivity index (χ2n) is 5.45. The molecule has 0 spiro atoms. The molecule has 1 fully saturated rings. The molecule has 0 aromatic rings. The summed E-state index contributed by atoms with van der Waals surface area (Å²) in [5.41, 5.74) is 0. The number of piperazine rings is 1. The van der Waals surface area contributed by atoms with E-state index in [0.717, 1.165) is 13.1 Å². The smallest absolute Gasteiger partial charge is 0.407 e. The predicted octanol–water partition coefficient (Wildman–Crippen LogP) is 0.531. The summed E-state index contributed by atoms with van der Waals surface area (Å²) in [4.78, 5) is 27.8. The molecule has 110 valence electrons. The molecule has 2 amide bonds. The van der Waals surface area contributed by atoms with Crippen molar-refractivity contribution in [2.24, 2.45) is 5.92 Å². The maximum Gasteiger partial charge on any atom is 0.407 e. The van der Waals surface area contributed by atoms with Gasteiger partial charge in [-0.2, -0.15) is 0 Å². The average Bonchev–Trinajstić information content (AvgIpc) is 2.37. The zero-order valence-corrected chi connectivity index (χ0v) is 12.3. The number of alkyl carbamates (subject to hydrolysis) is 1. The van der Waals surface area contributed by atoms with Crippen molar-refractivity contribution in [3.63, 3.8) is 0 Å². The van der Waals surface area contributed by atoms with Crippen LogP contribution in [-0.2, 0) is 9.53 Å². The van der Waals surface area contributed by atoms with Crippen molar-refractivity contribution < 1.29 is 14.3 Å². The first kappa shape index (κ1) is 15.8. The van der Waals surface area contributed by atoms with E-state index < -0.39 is 12.1 Å². The number of nitrogens with zero attached hydrogens (tertiary/aromatic N) is 2. The standard InChI is InChI=1S/C13H25N3O3/c1-10(2)9-11(14-13(18)19-4)12(17)16-7-5-15(3)6-8-16/h10-11H,5-9H2,1-4H3,(H,14,18)/t11-/m0/s1. The number of hydrogen-bond donors (Lipinski definition) is 1. The van der Waals surface area contributed by atoms with Crippen LogP contribution in [-0.4, -0.2) is 68.2 Å². The van der Waals surface area contributed by atoms with Crippen molar-refractivity contribution in [1.29, 1.82) is 0 Å². The second-order valence-corrected chi connectivity index (χ2v) is 5.45. The van der Waals surface area contributed by atoms with Gasteiger partial charge in [0, 0.05) is 26.2 Å². The van der Waals surface area contributed by atoms with Crippen LogP contribution < -0.4 is 5.32 Å². The van der Waals surface area contributed by atoms with Gasteiger partial charge in [-0.3, -0.25) is 4.79 Å². The van der Waals surface area contributed by atoms with E-state index in [-0.39, 0.29) is 5.91 Å². The molecule has 1 saturated heterocycles. The van der Waals surface area contributed by atoms with E-state index in [2.05, 4.69) is 15.0 Å². The van der Waals surface area contributed by atoms with Crippen LogP contribution in [0.4, 0.5) is 4.79 Å². The number of hydrogen-bond acceptors (Lipinski definition) is 4. The minimum Gasteiger partial charge on any atom is -0.453 e. The Labute approximate surface area is 115 Å². The number of nitrogens with one attached hydrogen (secondary N) is 1. The molecule has 1 aliphatic heterocycles. The minimum absolute atomic E-state index is 0.00722. The lowest BCUT2D eigenvalue weighted by Gasteiger charge is -2.35. The quantitative estimate of drug-likeness (QED) is 0.810. The Balaban J connectivity index is 2.62. The van der Waals surface area contributed by atoms with E-state index in [1.807, 2.05) is 25.8 Å². The normalized spacial score (nSPS) is 18.3. The first-order chi connectivity index (χ1) is 8.93. The molecule has 1 heterocycles. The third kappa shape index (κ3) is 5.06. The van der Waals surface area contributed by atoms with Gasteiger partial charge in [0.05, 0.1) is 7.11 Å². The van der Waals surface area contributed by atoms with Crippen LogP contribution in [0.5, 0.6) is 0 Å². The number of amides is 2. The molecule has 1 rings (SSSR count). The van der Waals surface area contributed by atoms with Crippen molar-refractivity contribution in [2.75, 3.05) is 40.3 Å². The van der Waals surface area contributed by atoms with E-state index in [4.69, 9.17) is 0 Å². The van der Waals surface area contributed by atoms with Crippen molar-refractivity contribution in [1.82, 2.24) is 15.1 Å². The van der Waals surface area contributed by atoms with Gasteiger partial charge in [-0.05, 0) is 19.4 Å². The van der Waals surface area contributed by atoms with E-state index in [0.29, 0.717) is 25.4 Å². The number of carbonyl (C=O) groups excluding carboxylic acids is 2. The van der Waals surface area contributed by atoms with Gasteiger partial charge < -0.3 is 19.9 Å². The highest BCUT2D eigenvalue weighted by Gasteiger charge is 2.28. The molecule has 0 radical (unpaired) electrons. The Morgan fingerprint density at radius 3 is 2.26 bits per heavy atom. The summed E-state index contributed by atoms with van der Waals surface area (Å²) in [7, 11) is 3.35. The molecule has 0 unspecified atom stereocenters. The molecule has 0 aliphatic carbocycles. The summed E-state index contributed by atoms with van der Waals surface area (Å²) in [6, 6.07) is -0.490. The zero-order valence-electron chi connectivity index (χ0n) is 12.3. The molecule has 0 saturated carbocycles. The molecule has 0 bridgehead atoms. The van der Waals surface area contributed by atoms with Crippen molar-refractivity contribution in [3.05, 3.63) is 0 Å². The summed E-state index contributed by atoms with van der Waals surface area (Å²) in [6.45, 7) is 7.24. The third-order valence-electron chi connectivity index (χ3n) is 3.30. The van der Waals surface area contributed by atoms with Gasteiger partial charge in [0.1, 0.15) is 6.04 Å². The van der Waals surface area contributed by atoms with Gasteiger partial charge in [0.25, 0.3) is 0 Å². The summed E-state index contributed by atoms with van der Waals surface area (Å²) in [6.07, 6.45) is 0.0772. The van der Waals surface area contributed by atoms with Crippen LogP contribution in [0.3, 0.4) is 0 Å². The Hall–Kier alpha value is -1.30. The first-order valence-corrected chi connectivity index (χ1v) is 6.75.